The largest absolute Gasteiger partial charge is 0.456 e. The number of benzene rings is 8. The fourth-order valence-corrected chi connectivity index (χ4v) is 7.16. The summed E-state index contributed by atoms with van der Waals surface area (Å²) in [5.41, 5.74) is 9.07. The third kappa shape index (κ3) is 5.13. The molecule has 0 radical (unpaired) electrons. The van der Waals surface area contributed by atoms with Crippen molar-refractivity contribution in [2.75, 3.05) is 0 Å². The standard InChI is InChI=1S/C47H29N3O/c1-3-12-33(13-4-1)45-48-46(34-14-5-2-6-15-34)50-47(49-45)40-28-36-17-8-7-16-35(36)27-39(40)32-21-19-30(20-22-32)37-24-25-42-41(29-37)44-38-18-10-9-11-31(38)23-26-43(44)51-42/h1-29H. The van der Waals surface area contributed by atoms with Gasteiger partial charge in [0.05, 0.1) is 0 Å². The second-order valence-electron chi connectivity index (χ2n) is 12.8. The van der Waals surface area contributed by atoms with Crippen LogP contribution < -0.4 is 0 Å². The highest BCUT2D eigenvalue weighted by Gasteiger charge is 2.18. The van der Waals surface area contributed by atoms with E-state index < -0.39 is 0 Å². The predicted molar refractivity (Wildman–Crippen MR) is 209 cm³/mol. The normalized spacial score (nSPS) is 11.5. The molecule has 4 nitrogen and oxygen atoms in total. The lowest BCUT2D eigenvalue weighted by Gasteiger charge is -2.14. The summed E-state index contributed by atoms with van der Waals surface area (Å²) in [5, 5.41) is 6.98. The van der Waals surface area contributed by atoms with Gasteiger partial charge in [0.1, 0.15) is 11.2 Å². The van der Waals surface area contributed by atoms with Crippen LogP contribution in [0, 0.1) is 0 Å². The van der Waals surface area contributed by atoms with Gasteiger partial charge in [0.25, 0.3) is 0 Å². The van der Waals surface area contributed by atoms with Crippen LogP contribution >= 0.6 is 0 Å². The number of hydrogen-bond donors (Lipinski definition) is 0. The monoisotopic (exact) mass is 651 g/mol. The zero-order chi connectivity index (χ0) is 33.7. The fourth-order valence-electron chi connectivity index (χ4n) is 7.16. The first-order valence-electron chi connectivity index (χ1n) is 17.1. The maximum Gasteiger partial charge on any atom is 0.164 e. The van der Waals surface area contributed by atoms with Crippen molar-refractivity contribution in [1.82, 2.24) is 15.0 Å². The smallest absolute Gasteiger partial charge is 0.164 e. The van der Waals surface area contributed by atoms with E-state index in [-0.39, 0.29) is 0 Å². The molecule has 0 fully saturated rings. The van der Waals surface area contributed by atoms with Gasteiger partial charge in [-0.05, 0) is 74.1 Å². The van der Waals surface area contributed by atoms with E-state index in [1.807, 2.05) is 60.7 Å². The summed E-state index contributed by atoms with van der Waals surface area (Å²) in [5.74, 6) is 1.92. The van der Waals surface area contributed by atoms with Crippen LogP contribution in [-0.2, 0) is 0 Å². The zero-order valence-corrected chi connectivity index (χ0v) is 27.5. The minimum Gasteiger partial charge on any atom is -0.456 e. The molecule has 0 amide bonds. The van der Waals surface area contributed by atoms with Crippen LogP contribution in [0.3, 0.4) is 0 Å². The Hall–Kier alpha value is -6.91. The van der Waals surface area contributed by atoms with Crippen LogP contribution in [0.15, 0.2) is 180 Å². The van der Waals surface area contributed by atoms with E-state index in [1.54, 1.807) is 0 Å². The quantitative estimate of drug-likeness (QED) is 0.186. The van der Waals surface area contributed by atoms with E-state index >= 15 is 0 Å². The van der Waals surface area contributed by atoms with Crippen LogP contribution in [0.25, 0.3) is 99.9 Å². The molecule has 0 bridgehead atoms. The maximum absolute atomic E-state index is 6.28. The Morgan fingerprint density at radius 1 is 0.314 bits per heavy atom. The average Bonchev–Trinajstić information content (AvgIpc) is 3.59. The molecule has 51 heavy (non-hydrogen) atoms. The van der Waals surface area contributed by atoms with Gasteiger partial charge in [-0.1, -0.05) is 146 Å². The van der Waals surface area contributed by atoms with Gasteiger partial charge in [0, 0.05) is 27.5 Å². The first-order chi connectivity index (χ1) is 25.2. The van der Waals surface area contributed by atoms with Gasteiger partial charge in [0.15, 0.2) is 17.5 Å². The fraction of sp³-hybridized carbons (Fsp3) is 0. The van der Waals surface area contributed by atoms with Crippen LogP contribution in [-0.4, -0.2) is 15.0 Å². The minimum absolute atomic E-state index is 0.636. The molecular weight excluding hydrogens is 623 g/mol. The lowest BCUT2D eigenvalue weighted by atomic mass is 9.93. The molecule has 0 aliphatic heterocycles. The molecule has 0 unspecified atom stereocenters. The van der Waals surface area contributed by atoms with Gasteiger partial charge in [-0.2, -0.15) is 0 Å². The average molecular weight is 652 g/mol. The van der Waals surface area contributed by atoms with E-state index in [9.17, 15) is 0 Å². The van der Waals surface area contributed by atoms with E-state index in [1.165, 1.54) is 10.8 Å². The van der Waals surface area contributed by atoms with Crippen molar-refractivity contribution >= 4 is 43.5 Å². The van der Waals surface area contributed by atoms with Gasteiger partial charge in [0.2, 0.25) is 0 Å². The summed E-state index contributed by atoms with van der Waals surface area (Å²) in [6, 6.07) is 61.1. The Labute approximate surface area is 294 Å². The highest BCUT2D eigenvalue weighted by Crippen LogP contribution is 2.39. The number of furan rings is 1. The van der Waals surface area contributed by atoms with Gasteiger partial charge in [-0.25, -0.2) is 15.0 Å². The number of hydrogen-bond acceptors (Lipinski definition) is 4. The summed E-state index contributed by atoms with van der Waals surface area (Å²) in [6.07, 6.45) is 0. The van der Waals surface area contributed by atoms with Crippen LogP contribution in [0.5, 0.6) is 0 Å². The highest BCUT2D eigenvalue weighted by atomic mass is 16.3. The number of aromatic nitrogens is 3. The predicted octanol–water partition coefficient (Wildman–Crippen LogP) is 12.4. The molecule has 238 valence electrons. The number of rotatable bonds is 5. The molecule has 0 saturated heterocycles. The van der Waals surface area contributed by atoms with E-state index in [0.29, 0.717) is 17.5 Å². The summed E-state index contributed by atoms with van der Waals surface area (Å²) in [4.78, 5) is 15.1. The molecule has 0 aliphatic carbocycles. The van der Waals surface area contributed by atoms with E-state index in [4.69, 9.17) is 19.4 Å². The maximum atomic E-state index is 6.28. The molecule has 2 heterocycles. The molecular formula is C47H29N3O. The van der Waals surface area contributed by atoms with Crippen LogP contribution in [0.2, 0.25) is 0 Å². The molecule has 0 spiro atoms. The molecule has 10 aromatic rings. The summed E-state index contributed by atoms with van der Waals surface area (Å²) < 4.78 is 6.28. The van der Waals surface area contributed by atoms with Gasteiger partial charge < -0.3 is 4.42 Å². The number of fused-ring (bicyclic) bond motifs is 6. The van der Waals surface area contributed by atoms with Crippen molar-refractivity contribution in [2.45, 2.75) is 0 Å². The summed E-state index contributed by atoms with van der Waals surface area (Å²) in [6.45, 7) is 0. The molecule has 4 heteroatoms. The Morgan fingerprint density at radius 3 is 1.53 bits per heavy atom. The topological polar surface area (TPSA) is 51.8 Å². The first-order valence-corrected chi connectivity index (χ1v) is 17.1. The molecule has 0 N–H and O–H groups in total. The van der Waals surface area contributed by atoms with Gasteiger partial charge in [-0.15, -0.1) is 0 Å². The number of nitrogens with zero attached hydrogens (tertiary/aromatic N) is 3. The Kier molecular flexibility index (Phi) is 6.78. The van der Waals surface area contributed by atoms with Gasteiger partial charge >= 0.3 is 0 Å². The van der Waals surface area contributed by atoms with Crippen LogP contribution in [0.4, 0.5) is 0 Å². The van der Waals surface area contributed by atoms with E-state index in [0.717, 1.165) is 71.7 Å². The third-order valence-corrected chi connectivity index (χ3v) is 9.71. The van der Waals surface area contributed by atoms with Crippen molar-refractivity contribution in [3.8, 4) is 56.4 Å². The Morgan fingerprint density at radius 2 is 0.843 bits per heavy atom. The molecule has 0 atom stereocenters. The summed E-state index contributed by atoms with van der Waals surface area (Å²) >= 11 is 0. The molecule has 10 rings (SSSR count). The van der Waals surface area contributed by atoms with Crippen LogP contribution in [0.1, 0.15) is 0 Å². The SMILES string of the molecule is c1ccc(-c2nc(-c3ccccc3)nc(-c3cc4ccccc4cc3-c3ccc(-c4ccc5oc6ccc7ccccc7c6c5c4)cc3)n2)cc1. The molecule has 2 aromatic heterocycles. The Balaban J connectivity index is 1.12. The van der Waals surface area contributed by atoms with Crippen molar-refractivity contribution in [3.05, 3.63) is 176 Å². The first kappa shape index (κ1) is 29.0. The molecule has 8 aromatic carbocycles. The molecule has 0 aliphatic rings. The minimum atomic E-state index is 0.636. The lowest BCUT2D eigenvalue weighted by Crippen LogP contribution is -2.01. The van der Waals surface area contributed by atoms with Crippen molar-refractivity contribution in [3.63, 3.8) is 0 Å². The Bertz CT molecular complexity index is 2840. The highest BCUT2D eigenvalue weighted by molar-refractivity contribution is 6.19. The lowest BCUT2D eigenvalue weighted by molar-refractivity contribution is 0.669. The van der Waals surface area contributed by atoms with Crippen molar-refractivity contribution in [1.29, 1.82) is 0 Å². The third-order valence-electron chi connectivity index (χ3n) is 9.71. The molecule has 0 saturated carbocycles. The second-order valence-corrected chi connectivity index (χ2v) is 12.8. The van der Waals surface area contributed by atoms with E-state index in [2.05, 4.69) is 115 Å². The summed E-state index contributed by atoms with van der Waals surface area (Å²) in [7, 11) is 0. The van der Waals surface area contributed by atoms with Crippen molar-refractivity contribution in [2.24, 2.45) is 0 Å². The zero-order valence-electron chi connectivity index (χ0n) is 27.5. The van der Waals surface area contributed by atoms with Crippen molar-refractivity contribution < 1.29 is 4.42 Å². The second kappa shape index (κ2) is 11.9. The van der Waals surface area contributed by atoms with Gasteiger partial charge in [-0.3, -0.25) is 0 Å².